The standard InChI is InChI=1S/C18H20N2OS/c1-4-19-18(21)16-11-17-15(10-12(2)22-17)20(16)13(3)14-8-6-5-7-9-14/h5-11,13H,4H2,1-3H3,(H,19,21)/t13-/m0/s1. The highest BCUT2D eigenvalue weighted by Gasteiger charge is 2.21. The number of carbonyl (C=O) groups is 1. The number of rotatable bonds is 4. The number of carbonyl (C=O) groups excluding carboxylic acids is 1. The normalized spacial score (nSPS) is 12.5. The van der Waals surface area contributed by atoms with Crippen LogP contribution in [-0.4, -0.2) is 17.0 Å². The highest BCUT2D eigenvalue weighted by molar-refractivity contribution is 7.19. The van der Waals surface area contributed by atoms with Crippen LogP contribution in [0.4, 0.5) is 0 Å². The van der Waals surface area contributed by atoms with Crippen LogP contribution < -0.4 is 5.32 Å². The topological polar surface area (TPSA) is 34.0 Å². The average Bonchev–Trinajstić information content (AvgIpc) is 3.03. The van der Waals surface area contributed by atoms with Crippen molar-refractivity contribution in [3.63, 3.8) is 0 Å². The number of nitrogens with zero attached hydrogens (tertiary/aromatic N) is 1. The van der Waals surface area contributed by atoms with E-state index in [2.05, 4.69) is 41.9 Å². The molecule has 2 aromatic heterocycles. The number of hydrogen-bond acceptors (Lipinski definition) is 2. The molecule has 1 aromatic carbocycles. The molecule has 0 fully saturated rings. The molecular formula is C18H20N2OS. The van der Waals surface area contributed by atoms with E-state index in [0.717, 1.165) is 11.2 Å². The zero-order valence-electron chi connectivity index (χ0n) is 13.1. The minimum Gasteiger partial charge on any atom is -0.351 e. The summed E-state index contributed by atoms with van der Waals surface area (Å²) in [6, 6.07) is 14.6. The Labute approximate surface area is 134 Å². The second-order valence-corrected chi connectivity index (χ2v) is 6.74. The average molecular weight is 312 g/mol. The zero-order chi connectivity index (χ0) is 15.7. The van der Waals surface area contributed by atoms with Crippen LogP contribution in [0.25, 0.3) is 10.2 Å². The molecule has 0 aliphatic heterocycles. The smallest absolute Gasteiger partial charge is 0.267 e. The molecule has 1 atom stereocenters. The molecule has 3 rings (SSSR count). The summed E-state index contributed by atoms with van der Waals surface area (Å²) < 4.78 is 3.32. The third kappa shape index (κ3) is 2.55. The van der Waals surface area contributed by atoms with Gasteiger partial charge in [-0.2, -0.15) is 0 Å². The molecule has 0 radical (unpaired) electrons. The zero-order valence-corrected chi connectivity index (χ0v) is 13.9. The van der Waals surface area contributed by atoms with Crippen molar-refractivity contribution in [2.45, 2.75) is 26.8 Å². The summed E-state index contributed by atoms with van der Waals surface area (Å²) in [6.45, 7) is 6.83. The van der Waals surface area contributed by atoms with Gasteiger partial charge in [0.05, 0.1) is 16.3 Å². The molecule has 0 unspecified atom stereocenters. The van der Waals surface area contributed by atoms with Crippen molar-refractivity contribution in [1.29, 1.82) is 0 Å². The predicted octanol–water partition coefficient (Wildman–Crippen LogP) is 4.37. The van der Waals surface area contributed by atoms with Crippen molar-refractivity contribution < 1.29 is 4.79 Å². The van der Waals surface area contributed by atoms with Gasteiger partial charge >= 0.3 is 0 Å². The Bertz CT molecular complexity index is 801. The Kier molecular flexibility index (Phi) is 4.03. The van der Waals surface area contributed by atoms with Crippen LogP contribution in [0.1, 0.15) is 40.8 Å². The van der Waals surface area contributed by atoms with Crippen LogP contribution in [0.2, 0.25) is 0 Å². The van der Waals surface area contributed by atoms with Gasteiger partial charge in [-0.25, -0.2) is 0 Å². The first-order chi connectivity index (χ1) is 10.6. The van der Waals surface area contributed by atoms with Crippen LogP contribution in [0, 0.1) is 6.92 Å². The van der Waals surface area contributed by atoms with E-state index in [1.807, 2.05) is 31.2 Å². The van der Waals surface area contributed by atoms with E-state index in [0.29, 0.717) is 6.54 Å². The first-order valence-corrected chi connectivity index (χ1v) is 8.38. The molecule has 0 saturated heterocycles. The number of thiophene rings is 1. The van der Waals surface area contributed by atoms with Crippen LogP contribution in [0.5, 0.6) is 0 Å². The van der Waals surface area contributed by atoms with Crippen molar-refractivity contribution in [3.8, 4) is 0 Å². The van der Waals surface area contributed by atoms with Crippen LogP contribution in [-0.2, 0) is 0 Å². The molecule has 0 aliphatic rings. The van der Waals surface area contributed by atoms with Gasteiger partial charge in [0.2, 0.25) is 0 Å². The molecule has 2 heterocycles. The van der Waals surface area contributed by atoms with E-state index in [9.17, 15) is 4.79 Å². The Balaban J connectivity index is 2.16. The fraction of sp³-hybridized carbons (Fsp3) is 0.278. The van der Waals surface area contributed by atoms with Gasteiger partial charge in [-0.15, -0.1) is 11.3 Å². The van der Waals surface area contributed by atoms with Gasteiger partial charge in [0.1, 0.15) is 5.69 Å². The van der Waals surface area contributed by atoms with Gasteiger partial charge in [0.15, 0.2) is 0 Å². The number of fused-ring (bicyclic) bond motifs is 1. The summed E-state index contributed by atoms with van der Waals surface area (Å²) in [7, 11) is 0. The maximum atomic E-state index is 12.4. The second kappa shape index (κ2) is 5.97. The first-order valence-electron chi connectivity index (χ1n) is 7.56. The van der Waals surface area contributed by atoms with Gasteiger partial charge in [0.25, 0.3) is 5.91 Å². The molecule has 1 amide bonds. The third-order valence-corrected chi connectivity index (χ3v) is 4.88. The van der Waals surface area contributed by atoms with E-state index in [1.54, 1.807) is 11.3 Å². The lowest BCUT2D eigenvalue weighted by Gasteiger charge is -2.18. The maximum absolute atomic E-state index is 12.4. The fourth-order valence-corrected chi connectivity index (χ4v) is 3.81. The summed E-state index contributed by atoms with van der Waals surface area (Å²) in [5.74, 6) is -0.00802. The van der Waals surface area contributed by atoms with E-state index >= 15 is 0 Å². The maximum Gasteiger partial charge on any atom is 0.267 e. The molecule has 3 nitrogen and oxygen atoms in total. The van der Waals surface area contributed by atoms with Gasteiger partial charge < -0.3 is 9.88 Å². The molecule has 1 N–H and O–H groups in total. The fourth-order valence-electron chi connectivity index (χ4n) is 2.86. The Morgan fingerprint density at radius 1 is 1.27 bits per heavy atom. The van der Waals surface area contributed by atoms with E-state index in [-0.39, 0.29) is 11.9 Å². The molecule has 114 valence electrons. The molecule has 22 heavy (non-hydrogen) atoms. The summed E-state index contributed by atoms with van der Waals surface area (Å²) >= 11 is 1.73. The molecular weight excluding hydrogens is 292 g/mol. The Morgan fingerprint density at radius 3 is 2.68 bits per heavy atom. The number of nitrogens with one attached hydrogen (secondary N) is 1. The molecule has 3 aromatic rings. The summed E-state index contributed by atoms with van der Waals surface area (Å²) in [5.41, 5.74) is 3.08. The van der Waals surface area contributed by atoms with Crippen LogP contribution in [0.3, 0.4) is 0 Å². The summed E-state index contributed by atoms with van der Waals surface area (Å²) in [4.78, 5) is 13.7. The van der Waals surface area contributed by atoms with Crippen molar-refractivity contribution >= 4 is 27.5 Å². The number of aromatic nitrogens is 1. The molecule has 0 saturated carbocycles. The lowest BCUT2D eigenvalue weighted by molar-refractivity contribution is 0.0946. The number of aryl methyl sites for hydroxylation is 1. The van der Waals surface area contributed by atoms with Gasteiger partial charge in [0, 0.05) is 11.4 Å². The Hall–Kier alpha value is -2.07. The van der Waals surface area contributed by atoms with Gasteiger partial charge in [-0.05, 0) is 38.5 Å². The lowest BCUT2D eigenvalue weighted by atomic mass is 10.1. The summed E-state index contributed by atoms with van der Waals surface area (Å²) in [6.07, 6.45) is 0. The lowest BCUT2D eigenvalue weighted by Crippen LogP contribution is -2.26. The largest absolute Gasteiger partial charge is 0.351 e. The van der Waals surface area contributed by atoms with E-state index in [4.69, 9.17) is 0 Å². The van der Waals surface area contributed by atoms with Crippen molar-refractivity contribution in [1.82, 2.24) is 9.88 Å². The number of hydrogen-bond donors (Lipinski definition) is 1. The highest BCUT2D eigenvalue weighted by atomic mass is 32.1. The van der Waals surface area contributed by atoms with E-state index in [1.165, 1.54) is 15.1 Å². The predicted molar refractivity (Wildman–Crippen MR) is 92.8 cm³/mol. The number of benzene rings is 1. The highest BCUT2D eigenvalue weighted by Crippen LogP contribution is 2.33. The van der Waals surface area contributed by atoms with Crippen molar-refractivity contribution in [2.75, 3.05) is 6.54 Å². The minimum absolute atomic E-state index is 0.00802. The first kappa shape index (κ1) is 14.9. The molecule has 0 aliphatic carbocycles. The monoisotopic (exact) mass is 312 g/mol. The van der Waals surface area contributed by atoms with E-state index < -0.39 is 0 Å². The minimum atomic E-state index is -0.00802. The molecule has 0 spiro atoms. The molecule has 0 bridgehead atoms. The quantitative estimate of drug-likeness (QED) is 0.762. The molecule has 4 heteroatoms. The van der Waals surface area contributed by atoms with Crippen LogP contribution in [0.15, 0.2) is 42.5 Å². The second-order valence-electron chi connectivity index (χ2n) is 5.45. The van der Waals surface area contributed by atoms with Crippen molar-refractivity contribution in [3.05, 3.63) is 58.6 Å². The Morgan fingerprint density at radius 2 is 2.00 bits per heavy atom. The van der Waals surface area contributed by atoms with Gasteiger partial charge in [-0.3, -0.25) is 4.79 Å². The SMILES string of the molecule is CCNC(=O)c1cc2sc(C)cc2n1[C@@H](C)c1ccccc1. The van der Waals surface area contributed by atoms with Gasteiger partial charge in [-0.1, -0.05) is 30.3 Å². The summed E-state index contributed by atoms with van der Waals surface area (Å²) in [5, 5.41) is 2.92. The van der Waals surface area contributed by atoms with Crippen LogP contribution >= 0.6 is 11.3 Å². The third-order valence-electron chi connectivity index (χ3n) is 3.89. The van der Waals surface area contributed by atoms with Crippen molar-refractivity contribution in [2.24, 2.45) is 0 Å². The number of amides is 1.